The topological polar surface area (TPSA) is 29.3 Å². The first-order chi connectivity index (χ1) is 11.7. The van der Waals surface area contributed by atoms with Crippen molar-refractivity contribution in [2.24, 2.45) is 34.8 Å². The van der Waals surface area contributed by atoms with Crippen LogP contribution in [-0.2, 0) is 5.41 Å². The van der Waals surface area contributed by atoms with E-state index in [1.165, 1.54) is 51.7 Å². The highest BCUT2D eigenvalue weighted by molar-refractivity contribution is 5.39. The Hall–Kier alpha value is -0.860. The molecular weight excluding hydrogens is 292 g/mol. The van der Waals surface area contributed by atoms with E-state index in [4.69, 9.17) is 5.73 Å². The lowest BCUT2D eigenvalue weighted by Gasteiger charge is -2.53. The summed E-state index contributed by atoms with van der Waals surface area (Å²) in [6, 6.07) is 12.1. The molecule has 4 saturated carbocycles. The SMILES string of the molecule is NC1CCN(CC23CC4CC5CC(c6ccccc6)(C2)C4C53)CC1. The van der Waals surface area contributed by atoms with Crippen LogP contribution in [0.4, 0.5) is 0 Å². The molecule has 1 aromatic carbocycles. The highest BCUT2D eigenvalue weighted by atomic mass is 15.1. The molecule has 0 radical (unpaired) electrons. The van der Waals surface area contributed by atoms with Crippen LogP contribution in [0.15, 0.2) is 30.3 Å². The summed E-state index contributed by atoms with van der Waals surface area (Å²) in [7, 11) is 0. The zero-order valence-corrected chi connectivity index (χ0v) is 14.7. The molecule has 6 atom stereocenters. The van der Waals surface area contributed by atoms with Gasteiger partial charge in [0.15, 0.2) is 0 Å². The van der Waals surface area contributed by atoms with Gasteiger partial charge in [0.2, 0.25) is 0 Å². The third kappa shape index (κ3) is 1.65. The maximum Gasteiger partial charge on any atom is 0.00631 e. The predicted molar refractivity (Wildman–Crippen MR) is 96.6 cm³/mol. The zero-order chi connectivity index (χ0) is 15.9. The number of hydrogen-bond acceptors (Lipinski definition) is 2. The molecular formula is C22H30N2. The molecule has 128 valence electrons. The van der Waals surface area contributed by atoms with Crippen LogP contribution in [0.5, 0.6) is 0 Å². The molecule has 6 unspecified atom stereocenters. The Kier molecular flexibility index (Phi) is 2.77. The number of nitrogens with two attached hydrogens (primary N) is 1. The van der Waals surface area contributed by atoms with Crippen LogP contribution >= 0.6 is 0 Å². The molecule has 2 heteroatoms. The van der Waals surface area contributed by atoms with Crippen molar-refractivity contribution in [3.05, 3.63) is 35.9 Å². The van der Waals surface area contributed by atoms with E-state index in [9.17, 15) is 0 Å². The van der Waals surface area contributed by atoms with Gasteiger partial charge in [-0.05, 0) is 91.7 Å². The smallest absolute Gasteiger partial charge is 0.00631 e. The molecule has 6 rings (SSSR count). The average Bonchev–Trinajstić information content (AvgIpc) is 3.28. The van der Waals surface area contributed by atoms with Gasteiger partial charge in [0, 0.05) is 12.6 Å². The minimum absolute atomic E-state index is 0.458. The van der Waals surface area contributed by atoms with Crippen molar-refractivity contribution in [3.8, 4) is 0 Å². The van der Waals surface area contributed by atoms with Crippen molar-refractivity contribution in [3.63, 3.8) is 0 Å². The molecule has 1 aromatic rings. The maximum absolute atomic E-state index is 6.14. The Balaban J connectivity index is 1.33. The predicted octanol–water partition coefficient (Wildman–Crippen LogP) is 3.41. The number of piperidine rings is 1. The summed E-state index contributed by atoms with van der Waals surface area (Å²) in [5.74, 6) is 4.12. The number of benzene rings is 1. The average molecular weight is 322 g/mol. The van der Waals surface area contributed by atoms with Gasteiger partial charge >= 0.3 is 0 Å². The van der Waals surface area contributed by atoms with Gasteiger partial charge in [-0.25, -0.2) is 0 Å². The van der Waals surface area contributed by atoms with Crippen LogP contribution in [0.3, 0.4) is 0 Å². The highest BCUT2D eigenvalue weighted by Gasteiger charge is 2.78. The molecule has 1 aliphatic heterocycles. The van der Waals surface area contributed by atoms with Crippen LogP contribution in [0.2, 0.25) is 0 Å². The summed E-state index contributed by atoms with van der Waals surface area (Å²) in [6.45, 7) is 3.87. The van der Waals surface area contributed by atoms with Gasteiger partial charge in [0.05, 0.1) is 0 Å². The van der Waals surface area contributed by atoms with Crippen LogP contribution < -0.4 is 5.73 Å². The fourth-order valence-electron chi connectivity index (χ4n) is 8.60. The van der Waals surface area contributed by atoms with Gasteiger partial charge in [-0.15, -0.1) is 0 Å². The van der Waals surface area contributed by atoms with Gasteiger partial charge in [0.1, 0.15) is 0 Å². The molecule has 5 aliphatic rings. The van der Waals surface area contributed by atoms with E-state index in [1.54, 1.807) is 12.0 Å². The summed E-state index contributed by atoms with van der Waals surface area (Å²) in [6.07, 6.45) is 8.48. The van der Waals surface area contributed by atoms with E-state index in [1.807, 2.05) is 0 Å². The fraction of sp³-hybridized carbons (Fsp3) is 0.727. The van der Waals surface area contributed by atoms with Gasteiger partial charge < -0.3 is 10.6 Å². The van der Waals surface area contributed by atoms with E-state index >= 15 is 0 Å². The van der Waals surface area contributed by atoms with Gasteiger partial charge in [-0.3, -0.25) is 0 Å². The van der Waals surface area contributed by atoms with Crippen LogP contribution in [0.25, 0.3) is 0 Å². The Morgan fingerprint density at radius 2 is 1.75 bits per heavy atom. The number of rotatable bonds is 3. The number of nitrogens with zero attached hydrogens (tertiary/aromatic N) is 1. The minimum Gasteiger partial charge on any atom is -0.328 e. The summed E-state index contributed by atoms with van der Waals surface area (Å²) >= 11 is 0. The van der Waals surface area contributed by atoms with Crippen molar-refractivity contribution >= 4 is 0 Å². The Morgan fingerprint density at radius 1 is 1.00 bits per heavy atom. The van der Waals surface area contributed by atoms with E-state index in [0.717, 1.165) is 23.7 Å². The first kappa shape index (κ1) is 14.3. The quantitative estimate of drug-likeness (QED) is 0.924. The Morgan fingerprint density at radius 3 is 2.50 bits per heavy atom. The second kappa shape index (κ2) is 4.65. The molecule has 4 aliphatic carbocycles. The monoisotopic (exact) mass is 322 g/mol. The summed E-state index contributed by atoms with van der Waals surface area (Å²) in [5.41, 5.74) is 9.01. The first-order valence-electron chi connectivity index (χ1n) is 10.2. The summed E-state index contributed by atoms with van der Waals surface area (Å²) in [5, 5.41) is 0. The summed E-state index contributed by atoms with van der Waals surface area (Å²) in [4.78, 5) is 2.78. The van der Waals surface area contributed by atoms with Crippen molar-refractivity contribution < 1.29 is 0 Å². The second-order valence-electron chi connectivity index (χ2n) is 9.89. The van der Waals surface area contributed by atoms with Gasteiger partial charge in [-0.1, -0.05) is 30.3 Å². The van der Waals surface area contributed by atoms with Crippen LogP contribution in [0, 0.1) is 29.1 Å². The van der Waals surface area contributed by atoms with Crippen molar-refractivity contribution in [2.45, 2.75) is 50.0 Å². The molecule has 1 saturated heterocycles. The first-order valence-corrected chi connectivity index (χ1v) is 10.2. The molecule has 0 amide bonds. The molecule has 1 heterocycles. The molecule has 0 spiro atoms. The molecule has 0 aromatic heterocycles. The highest BCUT2D eigenvalue weighted by Crippen LogP contribution is 2.82. The number of likely N-dealkylation sites (tertiary alicyclic amines) is 1. The standard InChI is InChI=1S/C22H30N2/c23-18-6-8-24(9-7-18)14-21-11-15-10-16-12-22(13-21,20(15)19(16)21)17-4-2-1-3-5-17/h1-5,15-16,18-20H,6-14,23H2. The van der Waals surface area contributed by atoms with Crippen LogP contribution in [0.1, 0.15) is 44.1 Å². The fourth-order valence-corrected chi connectivity index (χ4v) is 8.60. The lowest BCUT2D eigenvalue weighted by Crippen LogP contribution is -2.51. The van der Waals surface area contributed by atoms with Crippen molar-refractivity contribution in [2.75, 3.05) is 19.6 Å². The maximum atomic E-state index is 6.14. The largest absolute Gasteiger partial charge is 0.328 e. The minimum atomic E-state index is 0.458. The lowest BCUT2D eigenvalue weighted by atomic mass is 9.53. The third-order valence-corrected chi connectivity index (χ3v) is 8.84. The summed E-state index contributed by atoms with van der Waals surface area (Å²) < 4.78 is 0. The molecule has 5 fully saturated rings. The zero-order valence-electron chi connectivity index (χ0n) is 14.7. The van der Waals surface area contributed by atoms with E-state index < -0.39 is 0 Å². The Labute approximate surface area is 145 Å². The van der Waals surface area contributed by atoms with E-state index in [0.29, 0.717) is 16.9 Å². The van der Waals surface area contributed by atoms with Crippen LogP contribution in [-0.4, -0.2) is 30.6 Å². The lowest BCUT2D eigenvalue weighted by molar-refractivity contribution is -0.000842. The molecule has 2 N–H and O–H groups in total. The number of hydrogen-bond donors (Lipinski definition) is 1. The third-order valence-electron chi connectivity index (χ3n) is 8.84. The molecule has 6 bridgehead atoms. The molecule has 2 nitrogen and oxygen atoms in total. The van der Waals surface area contributed by atoms with Gasteiger partial charge in [0.25, 0.3) is 0 Å². The molecule has 24 heavy (non-hydrogen) atoms. The normalized spacial score (nSPS) is 49.5. The van der Waals surface area contributed by atoms with E-state index in [2.05, 4.69) is 35.2 Å². The second-order valence-corrected chi connectivity index (χ2v) is 9.89. The van der Waals surface area contributed by atoms with E-state index in [-0.39, 0.29) is 0 Å². The van der Waals surface area contributed by atoms with Gasteiger partial charge in [-0.2, -0.15) is 0 Å². The Bertz CT molecular complexity index is 649. The van der Waals surface area contributed by atoms with Crippen molar-refractivity contribution in [1.82, 2.24) is 4.90 Å². The van der Waals surface area contributed by atoms with Crippen molar-refractivity contribution in [1.29, 1.82) is 0 Å².